The highest BCUT2D eigenvalue weighted by molar-refractivity contribution is 6.03. The topological polar surface area (TPSA) is 66.5 Å². The van der Waals surface area contributed by atoms with Gasteiger partial charge >= 0.3 is 0 Å². The Hall–Kier alpha value is -2.17. The second kappa shape index (κ2) is 14.2. The molecule has 0 fully saturated rings. The lowest BCUT2D eigenvalue weighted by atomic mass is 10.1. The first kappa shape index (κ1) is 25.1. The molecule has 0 radical (unpaired) electrons. The third-order valence-corrected chi connectivity index (χ3v) is 3.29. The fourth-order valence-electron chi connectivity index (χ4n) is 2.43. The van der Waals surface area contributed by atoms with Gasteiger partial charge in [-0.2, -0.15) is 0 Å². The van der Waals surface area contributed by atoms with E-state index < -0.39 is 11.9 Å². The van der Waals surface area contributed by atoms with Gasteiger partial charge in [0.1, 0.15) is 6.04 Å². The molecule has 3 amide bonds. The van der Waals surface area contributed by atoms with Crippen LogP contribution >= 0.6 is 0 Å². The van der Waals surface area contributed by atoms with Gasteiger partial charge in [-0.05, 0) is 25.8 Å². The lowest BCUT2D eigenvalue weighted by Crippen LogP contribution is -2.48. The lowest BCUT2D eigenvalue weighted by molar-refractivity contribution is -0.137. The fraction of sp³-hybridized carbons (Fsp3) is 0.550. The van der Waals surface area contributed by atoms with Crippen LogP contribution in [-0.2, 0) is 14.4 Å². The van der Waals surface area contributed by atoms with Crippen molar-refractivity contribution < 1.29 is 14.4 Å². The molecule has 1 atom stereocenters. The highest BCUT2D eigenvalue weighted by Gasteiger charge is 2.35. The molecule has 1 aliphatic heterocycles. The molecule has 0 saturated heterocycles. The molecule has 0 spiro atoms. The van der Waals surface area contributed by atoms with Gasteiger partial charge in [0.25, 0.3) is 5.91 Å². The molecule has 0 bridgehead atoms. The van der Waals surface area contributed by atoms with E-state index >= 15 is 0 Å². The number of hydrogen-bond donors (Lipinski definition) is 1. The van der Waals surface area contributed by atoms with E-state index in [0.717, 1.165) is 17.6 Å². The normalized spacial score (nSPS) is 13.7. The van der Waals surface area contributed by atoms with E-state index in [1.165, 1.54) is 11.0 Å². The summed E-state index contributed by atoms with van der Waals surface area (Å²) in [5.74, 6) is -0.654. The minimum absolute atomic E-state index is 0.211. The number of amides is 3. The minimum atomic E-state index is -0.634. The van der Waals surface area contributed by atoms with Crippen molar-refractivity contribution in [1.82, 2.24) is 10.2 Å². The molecule has 1 aliphatic rings. The molecule has 5 heteroatoms. The number of imide groups is 1. The summed E-state index contributed by atoms with van der Waals surface area (Å²) in [6.07, 6.45) is 5.05. The highest BCUT2D eigenvalue weighted by atomic mass is 16.2. The molecule has 25 heavy (non-hydrogen) atoms. The molecular formula is C20H34N2O3. The first-order valence-electron chi connectivity index (χ1n) is 9.01. The molecule has 142 valence electrons. The minimum Gasteiger partial charge on any atom is -0.322 e. The summed E-state index contributed by atoms with van der Waals surface area (Å²) in [7, 11) is 0. The van der Waals surface area contributed by atoms with Crippen LogP contribution in [0.25, 0.3) is 0 Å². The summed E-state index contributed by atoms with van der Waals surface area (Å²) < 4.78 is 0. The van der Waals surface area contributed by atoms with Gasteiger partial charge in [-0.1, -0.05) is 65.3 Å². The van der Waals surface area contributed by atoms with Gasteiger partial charge in [-0.15, -0.1) is 0 Å². The van der Waals surface area contributed by atoms with Crippen LogP contribution in [0.1, 0.15) is 61.3 Å². The van der Waals surface area contributed by atoms with Crippen molar-refractivity contribution in [3.05, 3.63) is 35.5 Å². The van der Waals surface area contributed by atoms with Gasteiger partial charge < -0.3 is 4.90 Å². The maximum Gasteiger partial charge on any atom is 0.255 e. The Kier molecular flexibility index (Phi) is 14.2. The molecule has 1 heterocycles. The van der Waals surface area contributed by atoms with Gasteiger partial charge in [0.05, 0.1) is 0 Å². The molecule has 1 N–H and O–H groups in total. The van der Waals surface area contributed by atoms with Gasteiger partial charge in [-0.3, -0.25) is 19.7 Å². The Labute approximate surface area is 152 Å². The van der Waals surface area contributed by atoms with Crippen molar-refractivity contribution in [3.63, 3.8) is 0 Å². The molecule has 0 aromatic rings. The van der Waals surface area contributed by atoms with Crippen molar-refractivity contribution in [2.45, 2.75) is 67.3 Å². The number of nitrogens with one attached hydrogen (secondary N) is 1. The van der Waals surface area contributed by atoms with Crippen LogP contribution in [0.4, 0.5) is 0 Å². The van der Waals surface area contributed by atoms with Gasteiger partial charge in [-0.25, -0.2) is 0 Å². The smallest absolute Gasteiger partial charge is 0.255 e. The number of hydrogen-bond acceptors (Lipinski definition) is 3. The average Bonchev–Trinajstić information content (AvgIpc) is 2.91. The van der Waals surface area contributed by atoms with E-state index in [4.69, 9.17) is 0 Å². The van der Waals surface area contributed by atoms with Crippen LogP contribution < -0.4 is 5.32 Å². The fourth-order valence-corrected chi connectivity index (χ4v) is 2.43. The second-order valence-corrected chi connectivity index (χ2v) is 5.23. The van der Waals surface area contributed by atoms with Crippen LogP contribution in [0.3, 0.4) is 0 Å². The van der Waals surface area contributed by atoms with Crippen LogP contribution in [0.2, 0.25) is 0 Å². The molecular weight excluding hydrogens is 316 g/mol. The van der Waals surface area contributed by atoms with Crippen LogP contribution in [0, 0.1) is 0 Å². The number of carbonyl (C=O) groups is 3. The van der Waals surface area contributed by atoms with Crippen molar-refractivity contribution in [3.8, 4) is 0 Å². The predicted octanol–water partition coefficient (Wildman–Crippen LogP) is 3.77. The molecule has 0 aromatic carbocycles. The third-order valence-electron chi connectivity index (χ3n) is 3.29. The largest absolute Gasteiger partial charge is 0.322 e. The molecule has 0 aliphatic carbocycles. The summed E-state index contributed by atoms with van der Waals surface area (Å²) in [6, 6.07) is -0.634. The van der Waals surface area contributed by atoms with Gasteiger partial charge in [0.15, 0.2) is 0 Å². The van der Waals surface area contributed by atoms with Crippen molar-refractivity contribution in [2.24, 2.45) is 0 Å². The van der Waals surface area contributed by atoms with Crippen molar-refractivity contribution >= 4 is 18.2 Å². The molecule has 5 nitrogen and oxygen atoms in total. The third kappa shape index (κ3) is 7.50. The molecule has 1 rings (SSSR count). The molecule has 0 saturated carbocycles. The quantitative estimate of drug-likeness (QED) is 0.711. The van der Waals surface area contributed by atoms with Crippen molar-refractivity contribution in [1.29, 1.82) is 0 Å². The van der Waals surface area contributed by atoms with E-state index in [2.05, 4.69) is 11.9 Å². The maximum absolute atomic E-state index is 12.5. The average molecular weight is 351 g/mol. The highest BCUT2D eigenvalue weighted by Crippen LogP contribution is 2.25. The number of allylic oxidation sites excluding steroid dienone is 1. The first-order chi connectivity index (χ1) is 12.0. The maximum atomic E-state index is 12.5. The van der Waals surface area contributed by atoms with E-state index in [1.54, 1.807) is 0 Å². The van der Waals surface area contributed by atoms with E-state index in [1.807, 2.05) is 54.5 Å². The summed E-state index contributed by atoms with van der Waals surface area (Å²) in [5, 5.41) is 2.14. The van der Waals surface area contributed by atoms with Crippen LogP contribution in [-0.4, -0.2) is 35.7 Å². The Morgan fingerprint density at radius 2 is 1.84 bits per heavy atom. The molecule has 1 unspecified atom stereocenters. The summed E-state index contributed by atoms with van der Waals surface area (Å²) >= 11 is 0. The Bertz CT molecular complexity index is 515. The van der Waals surface area contributed by atoms with Gasteiger partial charge in [0.2, 0.25) is 12.3 Å². The summed E-state index contributed by atoms with van der Waals surface area (Å²) in [6.45, 7) is 17.9. The standard InChI is InChI=1S/C16H22N2O3.2C2H6/c1-5-7-14(15(20)17-10-19)18-9-12(8-11(3)4)13(6-2)16(18)21;2*1-2/h6,8,10,14H,2,5,7,9H2,1,3-4H3,(H,17,19,20);2*1-2H3. The Balaban J connectivity index is 0. The number of nitrogens with zero attached hydrogens (tertiary/aromatic N) is 1. The SMILES string of the molecule is C=CC1=C(C=C(C)C)CN(C(CCC)C(=O)NC=O)C1=O.CC.CC. The predicted molar refractivity (Wildman–Crippen MR) is 104 cm³/mol. The zero-order chi connectivity index (χ0) is 20.0. The van der Waals surface area contributed by atoms with E-state index in [9.17, 15) is 14.4 Å². The first-order valence-corrected chi connectivity index (χ1v) is 9.01. The number of rotatable bonds is 7. The Morgan fingerprint density at radius 1 is 1.28 bits per heavy atom. The van der Waals surface area contributed by atoms with Crippen LogP contribution in [0.5, 0.6) is 0 Å². The summed E-state index contributed by atoms with van der Waals surface area (Å²) in [4.78, 5) is 36.4. The summed E-state index contributed by atoms with van der Waals surface area (Å²) in [5.41, 5.74) is 2.45. The Morgan fingerprint density at radius 3 is 2.24 bits per heavy atom. The van der Waals surface area contributed by atoms with E-state index in [-0.39, 0.29) is 5.91 Å². The zero-order valence-electron chi connectivity index (χ0n) is 16.8. The van der Waals surface area contributed by atoms with Gasteiger partial charge in [0, 0.05) is 12.1 Å². The zero-order valence-corrected chi connectivity index (χ0v) is 16.8. The second-order valence-electron chi connectivity index (χ2n) is 5.23. The lowest BCUT2D eigenvalue weighted by Gasteiger charge is -2.26. The van der Waals surface area contributed by atoms with Crippen molar-refractivity contribution in [2.75, 3.05) is 6.54 Å². The number of carbonyl (C=O) groups excluding carboxylic acids is 3. The van der Waals surface area contributed by atoms with E-state index in [0.29, 0.717) is 24.9 Å². The molecule has 0 aromatic heterocycles. The monoisotopic (exact) mass is 350 g/mol. The van der Waals surface area contributed by atoms with Crippen LogP contribution in [0.15, 0.2) is 35.5 Å².